The number of ketones is 1. The summed E-state index contributed by atoms with van der Waals surface area (Å²) < 4.78 is 0. The predicted molar refractivity (Wildman–Crippen MR) is 46.3 cm³/mol. The van der Waals surface area contributed by atoms with Crippen molar-refractivity contribution in [2.24, 2.45) is 0 Å². The van der Waals surface area contributed by atoms with Crippen molar-refractivity contribution in [3.8, 4) is 0 Å². The molecule has 0 radical (unpaired) electrons. The van der Waals surface area contributed by atoms with Gasteiger partial charge in [-0.05, 0) is 20.3 Å². The molecule has 0 heterocycles. The van der Waals surface area contributed by atoms with Crippen LogP contribution in [0.3, 0.4) is 0 Å². The molecule has 1 heteroatoms. The van der Waals surface area contributed by atoms with Crippen molar-refractivity contribution in [3.05, 3.63) is 35.5 Å². The SMILES string of the molecule is CC(=O)C1=CC=CCC(C)=C1. The maximum absolute atomic E-state index is 11.0. The van der Waals surface area contributed by atoms with Crippen LogP contribution in [0.15, 0.2) is 35.5 Å². The Labute approximate surface area is 67.1 Å². The van der Waals surface area contributed by atoms with Gasteiger partial charge in [0.1, 0.15) is 0 Å². The van der Waals surface area contributed by atoms with Crippen LogP contribution in [0.5, 0.6) is 0 Å². The van der Waals surface area contributed by atoms with E-state index in [4.69, 9.17) is 0 Å². The average Bonchev–Trinajstić information content (AvgIpc) is 2.13. The summed E-state index contributed by atoms with van der Waals surface area (Å²) in [4.78, 5) is 11.0. The molecule has 0 bridgehead atoms. The molecule has 0 aromatic heterocycles. The maximum atomic E-state index is 11.0. The maximum Gasteiger partial charge on any atom is 0.159 e. The van der Waals surface area contributed by atoms with Crippen molar-refractivity contribution in [3.63, 3.8) is 0 Å². The number of carbonyl (C=O) groups excluding carboxylic acids is 1. The van der Waals surface area contributed by atoms with Crippen molar-refractivity contribution < 1.29 is 4.79 Å². The van der Waals surface area contributed by atoms with Crippen LogP contribution in [0.1, 0.15) is 20.3 Å². The van der Waals surface area contributed by atoms with Gasteiger partial charge in [0.25, 0.3) is 0 Å². The minimum atomic E-state index is 0.135. The van der Waals surface area contributed by atoms with Crippen molar-refractivity contribution in [1.29, 1.82) is 0 Å². The summed E-state index contributed by atoms with van der Waals surface area (Å²) in [7, 11) is 0. The Morgan fingerprint density at radius 1 is 1.55 bits per heavy atom. The summed E-state index contributed by atoms with van der Waals surface area (Å²) in [6, 6.07) is 0. The number of rotatable bonds is 1. The van der Waals surface area contributed by atoms with E-state index < -0.39 is 0 Å². The van der Waals surface area contributed by atoms with E-state index in [9.17, 15) is 4.79 Å². The second-order valence-corrected chi connectivity index (χ2v) is 2.80. The van der Waals surface area contributed by atoms with Crippen LogP contribution in [0.25, 0.3) is 0 Å². The smallest absolute Gasteiger partial charge is 0.159 e. The molecule has 0 unspecified atom stereocenters. The van der Waals surface area contributed by atoms with Gasteiger partial charge in [0.05, 0.1) is 0 Å². The monoisotopic (exact) mass is 148 g/mol. The quantitative estimate of drug-likeness (QED) is 0.558. The van der Waals surface area contributed by atoms with Crippen LogP contribution in [-0.2, 0) is 4.79 Å². The molecular weight excluding hydrogens is 136 g/mol. The van der Waals surface area contributed by atoms with E-state index in [1.165, 1.54) is 5.57 Å². The first-order valence-corrected chi connectivity index (χ1v) is 3.75. The van der Waals surface area contributed by atoms with E-state index in [2.05, 4.69) is 6.08 Å². The van der Waals surface area contributed by atoms with E-state index in [0.717, 1.165) is 12.0 Å². The summed E-state index contributed by atoms with van der Waals surface area (Å²) in [5.41, 5.74) is 2.04. The Hall–Kier alpha value is -1.11. The van der Waals surface area contributed by atoms with Gasteiger partial charge in [0.2, 0.25) is 0 Å². The summed E-state index contributed by atoms with van der Waals surface area (Å²) in [5.74, 6) is 0.135. The molecule has 58 valence electrons. The Balaban J connectivity index is 2.93. The fraction of sp³-hybridized carbons (Fsp3) is 0.300. The number of Topliss-reactive ketones (excluding diaryl/α,β-unsaturated/α-hetero) is 1. The molecule has 1 nitrogen and oxygen atoms in total. The Morgan fingerprint density at radius 3 is 2.91 bits per heavy atom. The molecule has 1 aliphatic rings. The average molecular weight is 148 g/mol. The van der Waals surface area contributed by atoms with E-state index in [-0.39, 0.29) is 5.78 Å². The second-order valence-electron chi connectivity index (χ2n) is 2.80. The fourth-order valence-corrected chi connectivity index (χ4v) is 1.02. The minimum Gasteiger partial charge on any atom is -0.295 e. The van der Waals surface area contributed by atoms with Gasteiger partial charge in [-0.3, -0.25) is 4.79 Å². The standard InChI is InChI=1S/C10H12O/c1-8-5-3-4-6-10(7-8)9(2)11/h3-4,6-7H,5H2,1-2H3. The van der Waals surface area contributed by atoms with Crippen LogP contribution >= 0.6 is 0 Å². The van der Waals surface area contributed by atoms with Gasteiger partial charge in [-0.1, -0.05) is 29.9 Å². The number of hydrogen-bond donors (Lipinski definition) is 0. The molecule has 0 amide bonds. The molecule has 0 fully saturated rings. The molecule has 1 rings (SSSR count). The zero-order valence-corrected chi connectivity index (χ0v) is 6.92. The van der Waals surface area contributed by atoms with Crippen LogP contribution < -0.4 is 0 Å². The summed E-state index contributed by atoms with van der Waals surface area (Å²) >= 11 is 0. The van der Waals surface area contributed by atoms with Gasteiger partial charge in [0.15, 0.2) is 5.78 Å². The largest absolute Gasteiger partial charge is 0.295 e. The van der Waals surface area contributed by atoms with E-state index >= 15 is 0 Å². The lowest BCUT2D eigenvalue weighted by atomic mass is 10.1. The summed E-state index contributed by atoms with van der Waals surface area (Å²) in [6.07, 6.45) is 8.75. The highest BCUT2D eigenvalue weighted by Gasteiger charge is 2.00. The topological polar surface area (TPSA) is 17.1 Å². The van der Waals surface area contributed by atoms with Gasteiger partial charge >= 0.3 is 0 Å². The zero-order valence-electron chi connectivity index (χ0n) is 6.92. The molecule has 11 heavy (non-hydrogen) atoms. The Morgan fingerprint density at radius 2 is 2.27 bits per heavy atom. The third-order valence-corrected chi connectivity index (χ3v) is 1.66. The lowest BCUT2D eigenvalue weighted by molar-refractivity contribution is -0.113. The van der Waals surface area contributed by atoms with E-state index in [1.54, 1.807) is 6.92 Å². The normalized spacial score (nSPS) is 16.9. The Bertz CT molecular complexity index is 254. The molecular formula is C10H12O. The number of allylic oxidation sites excluding steroid dienone is 6. The number of carbonyl (C=O) groups is 1. The van der Waals surface area contributed by atoms with Crippen molar-refractivity contribution in [1.82, 2.24) is 0 Å². The molecule has 0 N–H and O–H groups in total. The van der Waals surface area contributed by atoms with Gasteiger partial charge in [-0.25, -0.2) is 0 Å². The molecule has 1 aliphatic carbocycles. The number of hydrogen-bond acceptors (Lipinski definition) is 1. The van der Waals surface area contributed by atoms with Crippen molar-refractivity contribution in [2.75, 3.05) is 0 Å². The van der Waals surface area contributed by atoms with Crippen LogP contribution in [0.2, 0.25) is 0 Å². The van der Waals surface area contributed by atoms with Crippen molar-refractivity contribution in [2.45, 2.75) is 20.3 Å². The van der Waals surface area contributed by atoms with Gasteiger partial charge in [0, 0.05) is 5.57 Å². The molecule has 0 saturated carbocycles. The highest BCUT2D eigenvalue weighted by molar-refractivity contribution is 5.96. The van der Waals surface area contributed by atoms with Gasteiger partial charge < -0.3 is 0 Å². The van der Waals surface area contributed by atoms with Crippen LogP contribution in [0, 0.1) is 0 Å². The van der Waals surface area contributed by atoms with Crippen LogP contribution in [0.4, 0.5) is 0 Å². The minimum absolute atomic E-state index is 0.135. The van der Waals surface area contributed by atoms with E-state index in [0.29, 0.717) is 0 Å². The van der Waals surface area contributed by atoms with Gasteiger partial charge in [-0.15, -0.1) is 0 Å². The second kappa shape index (κ2) is 3.33. The van der Waals surface area contributed by atoms with E-state index in [1.807, 2.05) is 25.2 Å². The summed E-state index contributed by atoms with van der Waals surface area (Å²) in [6.45, 7) is 3.63. The molecule has 0 spiro atoms. The highest BCUT2D eigenvalue weighted by Crippen LogP contribution is 2.11. The Kier molecular flexibility index (Phi) is 2.42. The fourth-order valence-electron chi connectivity index (χ4n) is 1.02. The van der Waals surface area contributed by atoms with Crippen molar-refractivity contribution >= 4 is 5.78 Å². The molecule has 0 saturated heterocycles. The molecule has 0 aromatic rings. The summed E-state index contributed by atoms with van der Waals surface area (Å²) in [5, 5.41) is 0. The lowest BCUT2D eigenvalue weighted by Crippen LogP contribution is -1.92. The first kappa shape index (κ1) is 7.99. The molecule has 0 atom stereocenters. The molecule has 0 aliphatic heterocycles. The predicted octanol–water partition coefficient (Wildman–Crippen LogP) is 2.41. The highest BCUT2D eigenvalue weighted by atomic mass is 16.1. The first-order valence-electron chi connectivity index (χ1n) is 3.75. The first-order chi connectivity index (χ1) is 5.20. The van der Waals surface area contributed by atoms with Crippen LogP contribution in [-0.4, -0.2) is 5.78 Å². The third-order valence-electron chi connectivity index (χ3n) is 1.66. The molecule has 0 aromatic carbocycles. The zero-order chi connectivity index (χ0) is 8.27. The van der Waals surface area contributed by atoms with Gasteiger partial charge in [-0.2, -0.15) is 0 Å². The third kappa shape index (κ3) is 2.19. The lowest BCUT2D eigenvalue weighted by Gasteiger charge is -1.94.